The highest BCUT2D eigenvalue weighted by Gasteiger charge is 2.42. The number of hydrogen-bond acceptors (Lipinski definition) is 5. The highest BCUT2D eigenvalue weighted by Crippen LogP contribution is 2.39. The summed E-state index contributed by atoms with van der Waals surface area (Å²) >= 11 is 7.57. The zero-order valence-electron chi connectivity index (χ0n) is 15.4. The fourth-order valence-corrected chi connectivity index (χ4v) is 4.41. The lowest BCUT2D eigenvalue weighted by molar-refractivity contribution is -0.121. The maximum Gasteiger partial charge on any atom is 0.283 e. The molecule has 0 spiro atoms. The maximum absolute atomic E-state index is 13.3. The molecule has 0 unspecified atom stereocenters. The highest BCUT2D eigenvalue weighted by molar-refractivity contribution is 8.04. The van der Waals surface area contributed by atoms with Crippen LogP contribution in [0.2, 0.25) is 5.02 Å². The minimum atomic E-state index is -0.319. The second kappa shape index (κ2) is 7.99. The van der Waals surface area contributed by atoms with Gasteiger partial charge < -0.3 is 9.64 Å². The van der Waals surface area contributed by atoms with Gasteiger partial charge in [0.15, 0.2) is 0 Å². The number of imide groups is 1. The van der Waals surface area contributed by atoms with Crippen LogP contribution in [0.5, 0.6) is 0 Å². The summed E-state index contributed by atoms with van der Waals surface area (Å²) in [5, 5.41) is 0.523. The molecule has 5 nitrogen and oxygen atoms in total. The van der Waals surface area contributed by atoms with Crippen LogP contribution in [0, 0.1) is 6.92 Å². The van der Waals surface area contributed by atoms with Crippen molar-refractivity contribution in [2.75, 3.05) is 31.2 Å². The molecule has 0 aromatic heterocycles. The largest absolute Gasteiger partial charge is 0.378 e. The number of ether oxygens (including phenoxy) is 1. The normalized spacial score (nSPS) is 17.6. The van der Waals surface area contributed by atoms with E-state index in [0.717, 1.165) is 10.5 Å². The van der Waals surface area contributed by atoms with E-state index in [0.29, 0.717) is 47.6 Å². The topological polar surface area (TPSA) is 49.9 Å². The van der Waals surface area contributed by atoms with Crippen molar-refractivity contribution in [3.63, 3.8) is 0 Å². The first-order valence-electron chi connectivity index (χ1n) is 9.01. The van der Waals surface area contributed by atoms with Gasteiger partial charge in [-0.25, -0.2) is 4.90 Å². The molecular formula is C21H19ClN2O3S. The third-order valence-electron chi connectivity index (χ3n) is 4.72. The number of benzene rings is 2. The van der Waals surface area contributed by atoms with Crippen LogP contribution in [0.4, 0.5) is 5.69 Å². The zero-order valence-corrected chi connectivity index (χ0v) is 16.9. The van der Waals surface area contributed by atoms with Crippen molar-refractivity contribution in [1.82, 2.24) is 4.90 Å². The molecular weight excluding hydrogens is 396 g/mol. The molecule has 0 bridgehead atoms. The number of carbonyl (C=O) groups is 2. The molecule has 2 heterocycles. The lowest BCUT2D eigenvalue weighted by atomic mass is 10.2. The van der Waals surface area contributed by atoms with Gasteiger partial charge in [-0.05, 0) is 36.8 Å². The number of halogens is 1. The Morgan fingerprint density at radius 1 is 1.00 bits per heavy atom. The number of nitrogens with zero attached hydrogens (tertiary/aromatic N) is 2. The summed E-state index contributed by atoms with van der Waals surface area (Å²) in [5.41, 5.74) is 1.82. The Kier molecular flexibility index (Phi) is 5.44. The van der Waals surface area contributed by atoms with E-state index in [-0.39, 0.29) is 11.8 Å². The fourth-order valence-electron chi connectivity index (χ4n) is 3.22. The van der Waals surface area contributed by atoms with E-state index in [9.17, 15) is 9.59 Å². The molecule has 0 atom stereocenters. The fraction of sp³-hybridized carbons (Fsp3) is 0.238. The van der Waals surface area contributed by atoms with Gasteiger partial charge >= 0.3 is 0 Å². The van der Waals surface area contributed by atoms with Gasteiger partial charge in [0.2, 0.25) is 0 Å². The molecule has 7 heteroatoms. The van der Waals surface area contributed by atoms with E-state index in [1.807, 2.05) is 48.2 Å². The first-order chi connectivity index (χ1) is 13.6. The summed E-state index contributed by atoms with van der Waals surface area (Å²) in [7, 11) is 0. The van der Waals surface area contributed by atoms with E-state index in [1.165, 1.54) is 16.7 Å². The van der Waals surface area contributed by atoms with Crippen molar-refractivity contribution in [2.24, 2.45) is 0 Å². The quantitative estimate of drug-likeness (QED) is 0.711. The molecule has 1 saturated heterocycles. The van der Waals surface area contributed by atoms with Crippen LogP contribution in [-0.4, -0.2) is 43.0 Å². The minimum absolute atomic E-state index is 0.315. The van der Waals surface area contributed by atoms with Crippen LogP contribution in [0.1, 0.15) is 5.56 Å². The molecule has 2 aliphatic rings. The lowest BCUT2D eigenvalue weighted by Gasteiger charge is -2.29. The van der Waals surface area contributed by atoms with Crippen LogP contribution in [0.15, 0.2) is 64.0 Å². The van der Waals surface area contributed by atoms with E-state index < -0.39 is 0 Å². The summed E-state index contributed by atoms with van der Waals surface area (Å²) < 4.78 is 5.42. The summed E-state index contributed by atoms with van der Waals surface area (Å²) in [4.78, 5) is 31.1. The second-order valence-corrected chi connectivity index (χ2v) is 8.06. The lowest BCUT2D eigenvalue weighted by Crippen LogP contribution is -2.40. The highest BCUT2D eigenvalue weighted by atomic mass is 35.5. The SMILES string of the molecule is Cc1ccc(N2C(=O)C(Sc3ccccc3)=C(N3CCOCC3)C2=O)cc1Cl. The Morgan fingerprint density at radius 2 is 1.71 bits per heavy atom. The number of anilines is 1. The smallest absolute Gasteiger partial charge is 0.283 e. The molecule has 4 rings (SSSR count). The summed E-state index contributed by atoms with van der Waals surface area (Å²) in [6.07, 6.45) is 0. The van der Waals surface area contributed by atoms with Gasteiger partial charge in [-0.2, -0.15) is 0 Å². The second-order valence-electron chi connectivity index (χ2n) is 6.57. The van der Waals surface area contributed by atoms with Gasteiger partial charge in [0, 0.05) is 23.0 Å². The van der Waals surface area contributed by atoms with Crippen LogP contribution in [0.3, 0.4) is 0 Å². The number of morpholine rings is 1. The molecule has 144 valence electrons. The van der Waals surface area contributed by atoms with Gasteiger partial charge in [0.25, 0.3) is 11.8 Å². The average molecular weight is 415 g/mol. The summed E-state index contributed by atoms with van der Waals surface area (Å²) in [5.74, 6) is -0.634. The monoisotopic (exact) mass is 414 g/mol. The molecule has 1 fully saturated rings. The number of carbonyl (C=O) groups excluding carboxylic acids is 2. The summed E-state index contributed by atoms with van der Waals surface area (Å²) in [6, 6.07) is 14.8. The van der Waals surface area contributed by atoms with Gasteiger partial charge in [-0.3, -0.25) is 9.59 Å². The van der Waals surface area contributed by atoms with Gasteiger partial charge in [-0.1, -0.05) is 47.6 Å². The van der Waals surface area contributed by atoms with E-state index >= 15 is 0 Å². The van der Waals surface area contributed by atoms with Crippen molar-refractivity contribution in [2.45, 2.75) is 11.8 Å². The number of rotatable bonds is 4. The minimum Gasteiger partial charge on any atom is -0.378 e. The van der Waals surface area contributed by atoms with Crippen LogP contribution in [0.25, 0.3) is 0 Å². The molecule has 0 N–H and O–H groups in total. The number of hydrogen-bond donors (Lipinski definition) is 0. The zero-order chi connectivity index (χ0) is 19.7. The van der Waals surface area contributed by atoms with E-state index in [2.05, 4.69) is 0 Å². The number of aryl methyl sites for hydroxylation is 1. The van der Waals surface area contributed by atoms with Crippen molar-refractivity contribution < 1.29 is 14.3 Å². The van der Waals surface area contributed by atoms with Crippen LogP contribution < -0.4 is 4.90 Å². The summed E-state index contributed by atoms with van der Waals surface area (Å²) in [6.45, 7) is 4.11. The van der Waals surface area contributed by atoms with Crippen molar-refractivity contribution in [3.8, 4) is 0 Å². The number of amides is 2. The van der Waals surface area contributed by atoms with Gasteiger partial charge in [0.1, 0.15) is 10.6 Å². The molecule has 0 aliphatic carbocycles. The van der Waals surface area contributed by atoms with Crippen molar-refractivity contribution in [1.29, 1.82) is 0 Å². The van der Waals surface area contributed by atoms with Gasteiger partial charge in [0.05, 0.1) is 18.9 Å². The Bertz CT molecular complexity index is 955. The molecule has 2 aromatic carbocycles. The first-order valence-corrected chi connectivity index (χ1v) is 10.2. The Balaban J connectivity index is 1.75. The van der Waals surface area contributed by atoms with Crippen LogP contribution >= 0.6 is 23.4 Å². The first kappa shape index (κ1) is 19.1. The maximum atomic E-state index is 13.3. The molecule has 0 radical (unpaired) electrons. The molecule has 28 heavy (non-hydrogen) atoms. The predicted molar refractivity (Wildman–Crippen MR) is 110 cm³/mol. The molecule has 0 saturated carbocycles. The standard InChI is InChI=1S/C21H19ClN2O3S/c1-14-7-8-15(13-17(14)22)24-20(25)18(23-9-11-27-12-10-23)19(21(24)26)28-16-5-3-2-4-6-16/h2-8,13H,9-12H2,1H3. The Labute approximate surface area is 172 Å². The third-order valence-corrected chi connectivity index (χ3v) is 6.21. The number of thioether (sulfide) groups is 1. The van der Waals surface area contributed by atoms with Crippen molar-refractivity contribution >= 4 is 40.9 Å². The van der Waals surface area contributed by atoms with Gasteiger partial charge in [-0.15, -0.1) is 0 Å². The molecule has 2 amide bonds. The Hall–Kier alpha value is -2.28. The predicted octanol–water partition coefficient (Wildman–Crippen LogP) is 3.86. The molecule has 2 aliphatic heterocycles. The Morgan fingerprint density at radius 3 is 2.39 bits per heavy atom. The average Bonchev–Trinajstić information content (AvgIpc) is 2.95. The van der Waals surface area contributed by atoms with E-state index in [4.69, 9.17) is 16.3 Å². The third kappa shape index (κ3) is 3.55. The molecule has 2 aromatic rings. The van der Waals surface area contributed by atoms with Crippen molar-refractivity contribution in [3.05, 3.63) is 69.7 Å². The van der Waals surface area contributed by atoms with E-state index in [1.54, 1.807) is 12.1 Å². The van der Waals surface area contributed by atoms with Crippen LogP contribution in [-0.2, 0) is 14.3 Å².